The molecule has 2 atom stereocenters. The van der Waals surface area contributed by atoms with Crippen LogP contribution in [-0.4, -0.2) is 43.4 Å². The lowest BCUT2D eigenvalue weighted by Gasteiger charge is -2.19. The zero-order valence-corrected chi connectivity index (χ0v) is 18.7. The van der Waals surface area contributed by atoms with Gasteiger partial charge in [-0.15, -0.1) is 0 Å². The number of hydrogen-bond donors (Lipinski definition) is 3. The number of nitrogens with zero attached hydrogens (tertiary/aromatic N) is 4. The quantitative estimate of drug-likeness (QED) is 0.383. The third-order valence-corrected chi connectivity index (χ3v) is 5.41. The molecule has 0 aliphatic rings. The number of aliphatic hydroxyl groups is 1. The van der Waals surface area contributed by atoms with E-state index in [1.54, 1.807) is 61.5 Å². The van der Waals surface area contributed by atoms with Gasteiger partial charge in [-0.25, -0.2) is 14.4 Å². The molecule has 0 saturated heterocycles. The number of carbonyl (C=O) groups is 1. The lowest BCUT2D eigenvalue weighted by molar-refractivity contribution is 0.0943. The normalized spacial score (nSPS) is 13.0. The molecule has 4 rings (SSSR count). The maximum atomic E-state index is 14.1. The summed E-state index contributed by atoms with van der Waals surface area (Å²) in [5, 5.41) is 20.1. The Morgan fingerprint density at radius 1 is 1.21 bits per heavy atom. The predicted octanol–water partition coefficient (Wildman–Crippen LogP) is 3.47. The highest BCUT2D eigenvalue weighted by Gasteiger charge is 2.21. The van der Waals surface area contributed by atoms with Crippen molar-refractivity contribution in [1.29, 1.82) is 0 Å². The Labute approximate surface area is 194 Å². The molecule has 170 valence electrons. The third-order valence-electron chi connectivity index (χ3n) is 5.10. The fourth-order valence-corrected chi connectivity index (χ4v) is 3.47. The summed E-state index contributed by atoms with van der Waals surface area (Å²) in [6.45, 7) is 1.74. The zero-order valence-electron chi connectivity index (χ0n) is 18.0. The van der Waals surface area contributed by atoms with Crippen LogP contribution < -0.4 is 10.6 Å². The van der Waals surface area contributed by atoms with Crippen LogP contribution in [0.2, 0.25) is 5.02 Å². The number of halogens is 2. The van der Waals surface area contributed by atoms with Gasteiger partial charge in [0.2, 0.25) is 5.95 Å². The van der Waals surface area contributed by atoms with Crippen LogP contribution in [0.3, 0.4) is 0 Å². The standard InChI is InChI=1S/C23H22ClFN6O2/c1-13(12-32)28-23-26-9-16-4-3-15(8-20(16)29-23)22(33)30-21(17-10-27-31(2)11-17)14-5-6-18(24)19(25)7-14/h3-11,13,21,32H,12H2,1-2H3,(H,30,33)(H,26,28,29)/t13-,21?/m0/s1. The van der Waals surface area contributed by atoms with Gasteiger partial charge in [-0.2, -0.15) is 5.10 Å². The van der Waals surface area contributed by atoms with E-state index in [4.69, 9.17) is 11.6 Å². The lowest BCUT2D eigenvalue weighted by atomic mass is 10.0. The van der Waals surface area contributed by atoms with E-state index in [0.29, 0.717) is 28.2 Å². The van der Waals surface area contributed by atoms with E-state index in [-0.39, 0.29) is 23.6 Å². The molecular formula is C23H22ClFN6O2. The number of rotatable bonds is 7. The topological polar surface area (TPSA) is 105 Å². The van der Waals surface area contributed by atoms with Crippen LogP contribution in [-0.2, 0) is 7.05 Å². The first kappa shape index (κ1) is 22.6. The van der Waals surface area contributed by atoms with Gasteiger partial charge >= 0.3 is 0 Å². The molecule has 3 N–H and O–H groups in total. The summed E-state index contributed by atoms with van der Waals surface area (Å²) < 4.78 is 15.8. The SMILES string of the molecule is C[C@@H](CO)Nc1ncc2ccc(C(=O)NC(c3ccc(Cl)c(F)c3)c3cnn(C)c3)cc2n1. The molecule has 33 heavy (non-hydrogen) atoms. The maximum Gasteiger partial charge on any atom is 0.252 e. The molecule has 2 aromatic heterocycles. The van der Waals surface area contributed by atoms with E-state index in [1.807, 2.05) is 0 Å². The van der Waals surface area contributed by atoms with Crippen LogP contribution in [0.1, 0.15) is 34.5 Å². The number of benzene rings is 2. The van der Waals surface area contributed by atoms with E-state index in [0.717, 1.165) is 5.39 Å². The van der Waals surface area contributed by atoms with Crippen molar-refractivity contribution in [3.8, 4) is 0 Å². The molecule has 0 aliphatic carbocycles. The molecule has 0 radical (unpaired) electrons. The molecule has 2 heterocycles. The van der Waals surface area contributed by atoms with Crippen molar-refractivity contribution in [1.82, 2.24) is 25.1 Å². The minimum atomic E-state index is -0.637. The number of aliphatic hydroxyl groups excluding tert-OH is 1. The summed E-state index contributed by atoms with van der Waals surface area (Å²) in [5.74, 6) is -0.582. The molecular weight excluding hydrogens is 447 g/mol. The van der Waals surface area contributed by atoms with Gasteiger partial charge in [0.15, 0.2) is 0 Å². The molecule has 1 unspecified atom stereocenters. The van der Waals surface area contributed by atoms with Gasteiger partial charge < -0.3 is 15.7 Å². The van der Waals surface area contributed by atoms with Crippen LogP contribution in [0.4, 0.5) is 10.3 Å². The fraction of sp³-hybridized carbons (Fsp3) is 0.217. The van der Waals surface area contributed by atoms with E-state index >= 15 is 0 Å². The Balaban J connectivity index is 1.65. The highest BCUT2D eigenvalue weighted by molar-refractivity contribution is 6.30. The van der Waals surface area contributed by atoms with E-state index in [1.165, 1.54) is 12.1 Å². The van der Waals surface area contributed by atoms with E-state index < -0.39 is 11.9 Å². The number of hydrogen-bond acceptors (Lipinski definition) is 6. The van der Waals surface area contributed by atoms with Gasteiger partial charge in [0.1, 0.15) is 5.82 Å². The summed E-state index contributed by atoms with van der Waals surface area (Å²) in [7, 11) is 1.76. The van der Waals surface area contributed by atoms with Crippen LogP contribution in [0, 0.1) is 5.82 Å². The van der Waals surface area contributed by atoms with Crippen molar-refractivity contribution in [3.63, 3.8) is 0 Å². The summed E-state index contributed by atoms with van der Waals surface area (Å²) in [6, 6.07) is 8.65. The minimum absolute atomic E-state index is 0.00385. The first-order valence-electron chi connectivity index (χ1n) is 10.2. The third kappa shape index (κ3) is 5.10. The molecule has 0 saturated carbocycles. The molecule has 1 amide bonds. The van der Waals surface area contributed by atoms with Crippen molar-refractivity contribution in [3.05, 3.63) is 82.5 Å². The van der Waals surface area contributed by atoms with Crippen molar-refractivity contribution >= 4 is 34.4 Å². The maximum absolute atomic E-state index is 14.1. The predicted molar refractivity (Wildman–Crippen MR) is 124 cm³/mol. The van der Waals surface area contributed by atoms with E-state index in [9.17, 15) is 14.3 Å². The number of aromatic nitrogens is 4. The van der Waals surface area contributed by atoms with Gasteiger partial charge in [-0.05, 0) is 36.8 Å². The number of carbonyl (C=O) groups excluding carboxylic acids is 1. The second-order valence-electron chi connectivity index (χ2n) is 7.72. The fourth-order valence-electron chi connectivity index (χ4n) is 3.35. The second kappa shape index (κ2) is 9.51. The van der Waals surface area contributed by atoms with Crippen LogP contribution in [0.25, 0.3) is 10.9 Å². The number of amides is 1. The first-order valence-corrected chi connectivity index (χ1v) is 10.6. The first-order chi connectivity index (χ1) is 15.8. The summed E-state index contributed by atoms with van der Waals surface area (Å²) in [5.41, 5.74) is 2.18. The largest absolute Gasteiger partial charge is 0.394 e. The molecule has 8 nitrogen and oxygen atoms in total. The Morgan fingerprint density at radius 3 is 2.73 bits per heavy atom. The highest BCUT2D eigenvalue weighted by Crippen LogP contribution is 2.26. The monoisotopic (exact) mass is 468 g/mol. The Morgan fingerprint density at radius 2 is 2.03 bits per heavy atom. The summed E-state index contributed by atoms with van der Waals surface area (Å²) in [6.07, 6.45) is 5.02. The number of nitrogens with one attached hydrogen (secondary N) is 2. The Hall–Kier alpha value is -3.56. The molecule has 4 aromatic rings. The average Bonchev–Trinajstić information content (AvgIpc) is 3.24. The number of fused-ring (bicyclic) bond motifs is 1. The smallest absolute Gasteiger partial charge is 0.252 e. The van der Waals surface area contributed by atoms with Crippen molar-refractivity contribution in [2.75, 3.05) is 11.9 Å². The second-order valence-corrected chi connectivity index (χ2v) is 8.13. The molecule has 10 heteroatoms. The molecule has 0 spiro atoms. The van der Waals surface area contributed by atoms with Gasteiger partial charge in [0.05, 0.1) is 29.4 Å². The molecule has 0 aliphatic heterocycles. The van der Waals surface area contributed by atoms with Crippen molar-refractivity contribution in [2.24, 2.45) is 7.05 Å². The minimum Gasteiger partial charge on any atom is -0.394 e. The number of aryl methyl sites for hydroxylation is 1. The van der Waals surface area contributed by atoms with Gasteiger partial charge in [0.25, 0.3) is 5.91 Å². The van der Waals surface area contributed by atoms with Crippen LogP contribution in [0.15, 0.2) is 55.0 Å². The number of anilines is 1. The van der Waals surface area contributed by atoms with Gasteiger partial charge in [-0.3, -0.25) is 9.48 Å². The van der Waals surface area contributed by atoms with Crippen molar-refractivity contribution in [2.45, 2.75) is 19.0 Å². The van der Waals surface area contributed by atoms with Crippen molar-refractivity contribution < 1.29 is 14.3 Å². The Bertz CT molecular complexity index is 1310. The molecule has 0 fully saturated rings. The van der Waals surface area contributed by atoms with Gasteiger partial charge in [-0.1, -0.05) is 23.7 Å². The molecule has 0 bridgehead atoms. The Kier molecular flexibility index (Phi) is 6.52. The summed E-state index contributed by atoms with van der Waals surface area (Å²) >= 11 is 5.84. The average molecular weight is 469 g/mol. The highest BCUT2D eigenvalue weighted by atomic mass is 35.5. The van der Waals surface area contributed by atoms with Gasteiger partial charge in [0, 0.05) is 42.0 Å². The zero-order chi connectivity index (χ0) is 23.5. The lowest BCUT2D eigenvalue weighted by Crippen LogP contribution is -2.29. The van der Waals surface area contributed by atoms with E-state index in [2.05, 4.69) is 25.7 Å². The summed E-state index contributed by atoms with van der Waals surface area (Å²) in [4.78, 5) is 21.8. The van der Waals surface area contributed by atoms with Crippen LogP contribution in [0.5, 0.6) is 0 Å². The van der Waals surface area contributed by atoms with Crippen LogP contribution >= 0.6 is 11.6 Å². The molecule has 2 aromatic carbocycles.